The molecule has 11 nitrogen and oxygen atoms in total. The number of sulfonamides is 1. The zero-order chi connectivity index (χ0) is 30.5. The second kappa shape index (κ2) is 10.6. The Morgan fingerprint density at radius 1 is 1.22 bits per heavy atom. The fourth-order valence-electron chi connectivity index (χ4n) is 4.11. The van der Waals surface area contributed by atoms with Gasteiger partial charge in [0.1, 0.15) is 16.7 Å². The minimum absolute atomic E-state index is 0.00853. The lowest BCUT2D eigenvalue weighted by Crippen LogP contribution is -2.54. The molecule has 0 radical (unpaired) electrons. The van der Waals surface area contributed by atoms with Crippen molar-refractivity contribution in [1.82, 2.24) is 15.1 Å². The number of hydrogen-bond acceptors (Lipinski definition) is 7. The van der Waals surface area contributed by atoms with Gasteiger partial charge >= 0.3 is 18.8 Å². The van der Waals surface area contributed by atoms with Crippen molar-refractivity contribution in [1.29, 1.82) is 0 Å². The summed E-state index contributed by atoms with van der Waals surface area (Å²) in [5.74, 6) is -0.347. The number of aryl methyl sites for hydroxylation is 1. The van der Waals surface area contributed by atoms with Crippen molar-refractivity contribution in [3.05, 3.63) is 30.1 Å². The van der Waals surface area contributed by atoms with Gasteiger partial charge in [-0.25, -0.2) is 17.9 Å². The molecule has 0 bridgehead atoms. The quantitative estimate of drug-likeness (QED) is 0.426. The summed E-state index contributed by atoms with van der Waals surface area (Å²) in [6, 6.07) is 2.64. The highest BCUT2D eigenvalue weighted by Crippen LogP contribution is 2.42. The molecule has 4 rings (SSSR count). The fourth-order valence-corrected chi connectivity index (χ4v) is 5.95. The van der Waals surface area contributed by atoms with Gasteiger partial charge in [-0.2, -0.15) is 27.1 Å². The molecular weight excluding hydrogens is 581 g/mol. The molecular formula is C24H28F5N5O6S. The Morgan fingerprint density at radius 3 is 2.44 bits per heavy atom. The zero-order valence-corrected chi connectivity index (χ0v) is 23.1. The van der Waals surface area contributed by atoms with Crippen molar-refractivity contribution in [2.75, 3.05) is 16.2 Å². The Labute approximate surface area is 232 Å². The van der Waals surface area contributed by atoms with E-state index in [-0.39, 0.29) is 45.9 Å². The van der Waals surface area contributed by atoms with Crippen LogP contribution in [0.1, 0.15) is 45.9 Å². The second-order valence-electron chi connectivity index (χ2n) is 10.3. The highest BCUT2D eigenvalue weighted by molar-refractivity contribution is 7.93. The number of halogens is 5. The number of aromatic nitrogens is 2. The molecule has 1 fully saturated rings. The van der Waals surface area contributed by atoms with Gasteiger partial charge in [0, 0.05) is 11.6 Å². The minimum atomic E-state index is -4.86. The van der Waals surface area contributed by atoms with E-state index in [1.807, 2.05) is 0 Å². The van der Waals surface area contributed by atoms with Crippen LogP contribution in [0.3, 0.4) is 0 Å². The summed E-state index contributed by atoms with van der Waals surface area (Å²) >= 11 is 0. The van der Waals surface area contributed by atoms with E-state index in [1.54, 1.807) is 0 Å². The second-order valence-corrected chi connectivity index (χ2v) is 12.0. The van der Waals surface area contributed by atoms with Gasteiger partial charge in [-0.05, 0) is 58.7 Å². The highest BCUT2D eigenvalue weighted by Gasteiger charge is 2.51. The SMILES string of the molecule is Cc1nn(C(F)F)cc1S(=O)(=O)N1c2cc(NC(=O)OC(C)(C)C(F)(F)F)ccc2OC(CNC(=O)C2CC2)C1C. The Kier molecular flexibility index (Phi) is 7.88. The number of benzene rings is 1. The highest BCUT2D eigenvalue weighted by atomic mass is 32.2. The molecule has 226 valence electrons. The first-order valence-electron chi connectivity index (χ1n) is 12.5. The molecule has 1 aromatic heterocycles. The normalized spacial score (nSPS) is 19.4. The maximum atomic E-state index is 13.9. The van der Waals surface area contributed by atoms with Crippen LogP contribution in [-0.4, -0.2) is 60.7 Å². The first-order valence-corrected chi connectivity index (χ1v) is 13.9. The Balaban J connectivity index is 1.70. The van der Waals surface area contributed by atoms with Crippen LogP contribution in [-0.2, 0) is 19.6 Å². The van der Waals surface area contributed by atoms with E-state index < -0.39 is 51.5 Å². The van der Waals surface area contributed by atoms with E-state index in [9.17, 15) is 40.0 Å². The summed E-state index contributed by atoms with van der Waals surface area (Å²) in [4.78, 5) is 24.0. The van der Waals surface area contributed by atoms with Crippen LogP contribution in [0, 0.1) is 12.8 Å². The molecule has 2 aromatic rings. The standard InChI is InChI=1S/C24H28F5N5O6S/c1-12-19(11-33(32-12)21(25)26)41(37,38)34-13(2)18(10-30-20(35)14-5-6-14)39-17-8-7-15(9-16(17)34)31-22(36)40-23(3,4)24(27,28)29/h7-9,11,13-14,18,21H,5-6,10H2,1-4H3,(H,30,35)(H,31,36). The molecule has 1 aromatic carbocycles. The third kappa shape index (κ3) is 6.18. The number of carbonyl (C=O) groups is 2. The number of rotatable bonds is 8. The Hall–Kier alpha value is -3.63. The molecule has 1 saturated carbocycles. The number of anilines is 2. The Bertz CT molecular complexity index is 1440. The van der Waals surface area contributed by atoms with E-state index in [0.717, 1.165) is 23.2 Å². The monoisotopic (exact) mass is 609 g/mol. The lowest BCUT2D eigenvalue weighted by Gasteiger charge is -2.41. The van der Waals surface area contributed by atoms with Gasteiger partial charge in [0.25, 0.3) is 10.0 Å². The predicted octanol–water partition coefficient (Wildman–Crippen LogP) is 4.35. The molecule has 41 heavy (non-hydrogen) atoms. The average Bonchev–Trinajstić information content (AvgIpc) is 3.62. The van der Waals surface area contributed by atoms with Crippen molar-refractivity contribution in [2.24, 2.45) is 5.92 Å². The summed E-state index contributed by atoms with van der Waals surface area (Å²) in [5.41, 5.74) is -3.31. The molecule has 0 saturated heterocycles. The summed E-state index contributed by atoms with van der Waals surface area (Å²) < 4.78 is 105. The molecule has 2 unspecified atom stereocenters. The molecule has 0 spiro atoms. The number of nitrogens with zero attached hydrogens (tertiary/aromatic N) is 3. The zero-order valence-electron chi connectivity index (χ0n) is 22.3. The first kappa shape index (κ1) is 30.3. The summed E-state index contributed by atoms with van der Waals surface area (Å²) in [6.07, 6.45) is -5.08. The van der Waals surface area contributed by atoms with Crippen molar-refractivity contribution >= 4 is 33.4 Å². The topological polar surface area (TPSA) is 132 Å². The number of alkyl halides is 5. The number of amides is 2. The lowest BCUT2D eigenvalue weighted by molar-refractivity contribution is -0.242. The summed E-state index contributed by atoms with van der Waals surface area (Å²) in [7, 11) is -4.61. The van der Waals surface area contributed by atoms with Gasteiger partial charge in [-0.3, -0.25) is 14.4 Å². The van der Waals surface area contributed by atoms with Crippen molar-refractivity contribution in [3.63, 3.8) is 0 Å². The van der Waals surface area contributed by atoms with Crippen LogP contribution in [0.15, 0.2) is 29.3 Å². The molecule has 1 aliphatic heterocycles. The average molecular weight is 610 g/mol. The number of nitrogens with one attached hydrogen (secondary N) is 2. The van der Waals surface area contributed by atoms with Gasteiger partial charge in [0.05, 0.1) is 30.2 Å². The van der Waals surface area contributed by atoms with Crippen LogP contribution < -0.4 is 19.7 Å². The van der Waals surface area contributed by atoms with E-state index >= 15 is 0 Å². The molecule has 2 N–H and O–H groups in total. The third-order valence-corrected chi connectivity index (χ3v) is 8.70. The van der Waals surface area contributed by atoms with E-state index in [4.69, 9.17) is 4.74 Å². The number of hydrogen-bond donors (Lipinski definition) is 2. The van der Waals surface area contributed by atoms with Crippen molar-refractivity contribution < 1.29 is 49.4 Å². The Morgan fingerprint density at radius 2 is 1.88 bits per heavy atom. The first-order chi connectivity index (χ1) is 18.9. The van der Waals surface area contributed by atoms with Crippen LogP contribution in [0.5, 0.6) is 5.75 Å². The van der Waals surface area contributed by atoms with Gasteiger partial charge < -0.3 is 14.8 Å². The van der Waals surface area contributed by atoms with E-state index in [2.05, 4.69) is 20.5 Å². The van der Waals surface area contributed by atoms with Gasteiger partial charge in [-0.1, -0.05) is 0 Å². The van der Waals surface area contributed by atoms with Crippen LogP contribution in [0.25, 0.3) is 0 Å². The maximum Gasteiger partial charge on any atom is 0.427 e. The minimum Gasteiger partial charge on any atom is -0.484 e. The molecule has 2 atom stereocenters. The molecule has 17 heteroatoms. The smallest absolute Gasteiger partial charge is 0.427 e. The molecule has 1 aliphatic carbocycles. The largest absolute Gasteiger partial charge is 0.484 e. The van der Waals surface area contributed by atoms with E-state index in [1.165, 1.54) is 26.0 Å². The number of carbonyl (C=O) groups excluding carboxylic acids is 2. The van der Waals surface area contributed by atoms with Gasteiger partial charge in [0.15, 0.2) is 0 Å². The van der Waals surface area contributed by atoms with Crippen LogP contribution in [0.2, 0.25) is 0 Å². The molecule has 2 aliphatic rings. The third-order valence-electron chi connectivity index (χ3n) is 6.69. The van der Waals surface area contributed by atoms with Crippen molar-refractivity contribution in [3.8, 4) is 5.75 Å². The summed E-state index contributed by atoms with van der Waals surface area (Å²) in [5, 5.41) is 8.43. The predicted molar refractivity (Wildman–Crippen MR) is 134 cm³/mol. The molecule has 2 amide bonds. The van der Waals surface area contributed by atoms with E-state index in [0.29, 0.717) is 20.0 Å². The summed E-state index contributed by atoms with van der Waals surface area (Å²) in [6.45, 7) is 0.847. The van der Waals surface area contributed by atoms with Gasteiger partial charge in [-0.15, -0.1) is 0 Å². The number of fused-ring (bicyclic) bond motifs is 1. The van der Waals surface area contributed by atoms with Crippen molar-refractivity contribution in [2.45, 2.75) is 75.9 Å². The lowest BCUT2D eigenvalue weighted by atomic mass is 10.1. The van der Waals surface area contributed by atoms with Crippen LogP contribution in [0.4, 0.5) is 38.1 Å². The fraction of sp³-hybridized carbons (Fsp3) is 0.542. The van der Waals surface area contributed by atoms with Gasteiger partial charge in [0.2, 0.25) is 11.5 Å². The number of ether oxygens (including phenoxy) is 2. The maximum absolute atomic E-state index is 13.9. The van der Waals surface area contributed by atoms with Crippen LogP contribution >= 0.6 is 0 Å². The molecule has 2 heterocycles.